The van der Waals surface area contributed by atoms with Crippen LogP contribution in [0, 0.1) is 28.8 Å². The number of hydrogen-bond donors (Lipinski definition) is 0. The molecule has 0 saturated carbocycles. The third-order valence-corrected chi connectivity index (χ3v) is 4.11. The number of hydrogen-bond acceptors (Lipinski definition) is 1. The zero-order valence-electron chi connectivity index (χ0n) is 12.4. The van der Waals surface area contributed by atoms with Crippen LogP contribution in [0.4, 0.5) is 13.2 Å². The van der Waals surface area contributed by atoms with Crippen molar-refractivity contribution in [1.29, 1.82) is 5.26 Å². The van der Waals surface area contributed by atoms with Crippen LogP contribution in [-0.4, -0.2) is 0 Å². The van der Waals surface area contributed by atoms with Crippen molar-refractivity contribution >= 4 is 11.1 Å². The molecule has 2 aliphatic carbocycles. The SMILES string of the molecule is N#Cc1c(C2=CC=CCC2)c(F)c(F)c(F)c1C1=CC=CCC1. The molecule has 0 unspecified atom stereocenters. The van der Waals surface area contributed by atoms with E-state index < -0.39 is 17.5 Å². The highest BCUT2D eigenvalue weighted by Gasteiger charge is 2.28. The van der Waals surface area contributed by atoms with Crippen LogP contribution in [0.1, 0.15) is 42.4 Å². The molecule has 116 valence electrons. The van der Waals surface area contributed by atoms with Gasteiger partial charge in [0, 0.05) is 11.1 Å². The van der Waals surface area contributed by atoms with Gasteiger partial charge in [-0.1, -0.05) is 36.5 Å². The zero-order chi connectivity index (χ0) is 16.4. The van der Waals surface area contributed by atoms with Crippen molar-refractivity contribution in [3.8, 4) is 6.07 Å². The van der Waals surface area contributed by atoms with E-state index in [9.17, 15) is 18.4 Å². The Morgan fingerprint density at radius 2 is 1.26 bits per heavy atom. The van der Waals surface area contributed by atoms with Gasteiger partial charge in [-0.3, -0.25) is 0 Å². The fraction of sp³-hybridized carbons (Fsp3) is 0.211. The Morgan fingerprint density at radius 1 is 0.783 bits per heavy atom. The van der Waals surface area contributed by atoms with Crippen LogP contribution in [0.15, 0.2) is 36.5 Å². The van der Waals surface area contributed by atoms with Crippen molar-refractivity contribution in [3.63, 3.8) is 0 Å². The van der Waals surface area contributed by atoms with Crippen molar-refractivity contribution in [2.75, 3.05) is 0 Å². The Morgan fingerprint density at radius 3 is 1.61 bits per heavy atom. The molecule has 0 radical (unpaired) electrons. The summed E-state index contributed by atoms with van der Waals surface area (Å²) in [6, 6.07) is 1.89. The van der Waals surface area contributed by atoms with Gasteiger partial charge in [-0.2, -0.15) is 5.26 Å². The smallest absolute Gasteiger partial charge is 0.195 e. The first-order chi connectivity index (χ1) is 11.1. The van der Waals surface area contributed by atoms with E-state index in [0.29, 0.717) is 36.8 Å². The third kappa shape index (κ3) is 2.63. The minimum absolute atomic E-state index is 0.110. The van der Waals surface area contributed by atoms with Gasteiger partial charge >= 0.3 is 0 Å². The molecule has 1 aromatic rings. The van der Waals surface area contributed by atoms with Gasteiger partial charge in [-0.15, -0.1) is 0 Å². The van der Waals surface area contributed by atoms with Crippen molar-refractivity contribution in [2.45, 2.75) is 25.7 Å². The minimum atomic E-state index is -1.51. The Labute approximate surface area is 132 Å². The first-order valence-electron chi connectivity index (χ1n) is 7.47. The summed E-state index contributed by atoms with van der Waals surface area (Å²) in [5.41, 5.74) is 0.703. The predicted octanol–water partition coefficient (Wildman–Crippen LogP) is 5.44. The number of benzene rings is 1. The Bertz CT molecular complexity index is 761. The zero-order valence-corrected chi connectivity index (χ0v) is 12.4. The molecule has 0 heterocycles. The summed E-state index contributed by atoms with van der Waals surface area (Å²) in [5, 5.41) is 9.50. The van der Waals surface area contributed by atoms with E-state index in [1.54, 1.807) is 24.3 Å². The van der Waals surface area contributed by atoms with Crippen LogP contribution in [0.25, 0.3) is 11.1 Å². The second kappa shape index (κ2) is 6.29. The van der Waals surface area contributed by atoms with Crippen LogP contribution in [-0.2, 0) is 0 Å². The lowest BCUT2D eigenvalue weighted by Gasteiger charge is -2.19. The summed E-state index contributed by atoms with van der Waals surface area (Å²) in [6.45, 7) is 0. The van der Waals surface area contributed by atoms with Crippen molar-refractivity contribution in [2.24, 2.45) is 0 Å². The lowest BCUT2D eigenvalue weighted by atomic mass is 9.86. The van der Waals surface area contributed by atoms with Crippen LogP contribution in [0.2, 0.25) is 0 Å². The monoisotopic (exact) mass is 313 g/mol. The minimum Gasteiger partial charge on any atom is -0.203 e. The maximum Gasteiger partial charge on any atom is 0.195 e. The Kier molecular flexibility index (Phi) is 4.20. The number of rotatable bonds is 2. The molecule has 3 rings (SSSR count). The summed E-state index contributed by atoms with van der Waals surface area (Å²) < 4.78 is 42.9. The molecular formula is C19H14F3N. The van der Waals surface area contributed by atoms with Crippen LogP contribution >= 0.6 is 0 Å². The molecule has 0 aromatic heterocycles. The Balaban J connectivity index is 2.32. The summed E-state index contributed by atoms with van der Waals surface area (Å²) in [6.07, 6.45) is 12.9. The number of allylic oxidation sites excluding steroid dienone is 8. The lowest BCUT2D eigenvalue weighted by molar-refractivity contribution is 0.443. The number of nitrogens with zero attached hydrogens (tertiary/aromatic N) is 1. The normalized spacial score (nSPS) is 16.8. The summed E-state index contributed by atoms with van der Waals surface area (Å²) in [5.74, 6) is -4.08. The highest BCUT2D eigenvalue weighted by atomic mass is 19.2. The van der Waals surface area contributed by atoms with Crippen molar-refractivity contribution in [3.05, 3.63) is 70.6 Å². The van der Waals surface area contributed by atoms with Gasteiger partial charge in [0.25, 0.3) is 0 Å². The van der Waals surface area contributed by atoms with Crippen LogP contribution in [0.5, 0.6) is 0 Å². The highest BCUT2D eigenvalue weighted by Crippen LogP contribution is 2.38. The van der Waals surface area contributed by atoms with E-state index in [0.717, 1.165) is 0 Å². The molecular weight excluding hydrogens is 299 g/mol. The molecule has 0 amide bonds. The maximum absolute atomic E-state index is 14.4. The predicted molar refractivity (Wildman–Crippen MR) is 83.7 cm³/mol. The van der Waals surface area contributed by atoms with Crippen LogP contribution in [0.3, 0.4) is 0 Å². The second-order valence-corrected chi connectivity index (χ2v) is 5.50. The molecule has 0 saturated heterocycles. The molecule has 23 heavy (non-hydrogen) atoms. The van der Waals surface area contributed by atoms with E-state index in [1.165, 1.54) is 0 Å². The van der Waals surface area contributed by atoms with Gasteiger partial charge in [-0.05, 0) is 36.8 Å². The molecule has 1 nitrogen and oxygen atoms in total. The van der Waals surface area contributed by atoms with E-state index >= 15 is 0 Å². The van der Waals surface area contributed by atoms with Gasteiger partial charge in [0.2, 0.25) is 0 Å². The molecule has 0 N–H and O–H groups in total. The quantitative estimate of drug-likeness (QED) is 0.667. The van der Waals surface area contributed by atoms with E-state index in [2.05, 4.69) is 0 Å². The molecule has 0 fully saturated rings. The fourth-order valence-electron chi connectivity index (χ4n) is 3.00. The summed E-state index contributed by atoms with van der Waals surface area (Å²) in [7, 11) is 0. The average Bonchev–Trinajstić information content (AvgIpc) is 2.61. The molecule has 4 heteroatoms. The number of halogens is 3. The van der Waals surface area contributed by atoms with Gasteiger partial charge in [0.1, 0.15) is 6.07 Å². The standard InChI is InChI=1S/C19H14F3N/c20-17-15(12-7-3-1-4-8-12)14(11-23)16(18(21)19(17)22)13-9-5-2-6-10-13/h1-3,5,7,9H,4,6,8,10H2. The molecule has 0 atom stereocenters. The maximum atomic E-state index is 14.4. The van der Waals surface area contributed by atoms with Gasteiger partial charge in [0.05, 0.1) is 5.56 Å². The summed E-state index contributed by atoms with van der Waals surface area (Å²) in [4.78, 5) is 0. The van der Waals surface area contributed by atoms with Crippen LogP contribution < -0.4 is 0 Å². The Hall–Kier alpha value is -2.54. The van der Waals surface area contributed by atoms with Gasteiger partial charge in [-0.25, -0.2) is 13.2 Å². The summed E-state index contributed by atoms with van der Waals surface area (Å²) >= 11 is 0. The second-order valence-electron chi connectivity index (χ2n) is 5.50. The fourth-order valence-corrected chi connectivity index (χ4v) is 3.00. The molecule has 1 aromatic carbocycles. The van der Waals surface area contributed by atoms with E-state index in [-0.39, 0.29) is 16.7 Å². The first-order valence-corrected chi connectivity index (χ1v) is 7.47. The first kappa shape index (κ1) is 15.4. The topological polar surface area (TPSA) is 23.8 Å². The molecule has 0 aliphatic heterocycles. The molecule has 0 bridgehead atoms. The molecule has 2 aliphatic rings. The van der Waals surface area contributed by atoms with Crippen molar-refractivity contribution < 1.29 is 13.2 Å². The third-order valence-electron chi connectivity index (χ3n) is 4.11. The average molecular weight is 313 g/mol. The largest absolute Gasteiger partial charge is 0.203 e. The van der Waals surface area contributed by atoms with Gasteiger partial charge in [0.15, 0.2) is 17.5 Å². The molecule has 0 spiro atoms. The highest BCUT2D eigenvalue weighted by molar-refractivity contribution is 5.81. The van der Waals surface area contributed by atoms with Crippen molar-refractivity contribution in [1.82, 2.24) is 0 Å². The van der Waals surface area contributed by atoms with Gasteiger partial charge < -0.3 is 0 Å². The number of nitriles is 1. The van der Waals surface area contributed by atoms with E-state index in [1.807, 2.05) is 18.2 Å². The lowest BCUT2D eigenvalue weighted by Crippen LogP contribution is -2.09. The van der Waals surface area contributed by atoms with E-state index in [4.69, 9.17) is 0 Å².